The van der Waals surface area contributed by atoms with Crippen LogP contribution in [0.25, 0.3) is 27.9 Å². The fourth-order valence-corrected chi connectivity index (χ4v) is 4.99. The lowest BCUT2D eigenvalue weighted by atomic mass is 9.90. The third kappa shape index (κ3) is 3.75. The number of anilines is 1. The zero-order chi connectivity index (χ0) is 22.9. The first kappa shape index (κ1) is 20.7. The van der Waals surface area contributed by atoms with Crippen LogP contribution in [0.15, 0.2) is 78.9 Å². The minimum Gasteiger partial charge on any atom is -0.497 e. The summed E-state index contributed by atoms with van der Waals surface area (Å²) in [5, 5.41) is 10.2. The maximum absolute atomic E-state index is 5.34. The predicted molar refractivity (Wildman–Crippen MR) is 135 cm³/mol. The van der Waals surface area contributed by atoms with Crippen molar-refractivity contribution in [3.05, 3.63) is 84.4 Å². The third-order valence-corrected chi connectivity index (χ3v) is 6.84. The number of hydrogen-bond acceptors (Lipinski definition) is 5. The normalized spacial score (nSPS) is 14.7. The number of ether oxygens (including phenoxy) is 1. The van der Waals surface area contributed by atoms with Crippen LogP contribution in [0.2, 0.25) is 0 Å². The van der Waals surface area contributed by atoms with Crippen LogP contribution in [-0.2, 0) is 6.42 Å². The van der Waals surface area contributed by atoms with Gasteiger partial charge in [-0.25, -0.2) is 9.38 Å². The van der Waals surface area contributed by atoms with Crippen LogP contribution in [0.4, 0.5) is 5.95 Å². The molecule has 0 amide bonds. The average Bonchev–Trinajstić information content (AvgIpc) is 3.35. The molecule has 0 saturated carbocycles. The van der Waals surface area contributed by atoms with Crippen LogP contribution in [0, 0.1) is 5.92 Å². The van der Waals surface area contributed by atoms with Gasteiger partial charge in [0.2, 0.25) is 5.95 Å². The van der Waals surface area contributed by atoms with E-state index in [1.54, 1.807) is 7.11 Å². The van der Waals surface area contributed by atoms with Crippen molar-refractivity contribution in [1.82, 2.24) is 19.6 Å². The minimum absolute atomic E-state index is 0.691. The van der Waals surface area contributed by atoms with E-state index in [1.165, 1.54) is 5.56 Å². The molecule has 0 atom stereocenters. The molecule has 0 aliphatic carbocycles. The van der Waals surface area contributed by atoms with E-state index in [-0.39, 0.29) is 0 Å². The van der Waals surface area contributed by atoms with Gasteiger partial charge in [-0.3, -0.25) is 0 Å². The maximum atomic E-state index is 5.34. The van der Waals surface area contributed by atoms with Crippen molar-refractivity contribution in [2.45, 2.75) is 19.3 Å². The lowest BCUT2D eigenvalue weighted by Crippen LogP contribution is -2.36. The Kier molecular flexibility index (Phi) is 5.34. The van der Waals surface area contributed by atoms with E-state index < -0.39 is 0 Å². The topological polar surface area (TPSA) is 55.6 Å². The molecular weight excluding hydrogens is 422 g/mol. The third-order valence-electron chi connectivity index (χ3n) is 6.84. The molecule has 1 aliphatic heterocycles. The Balaban J connectivity index is 1.38. The van der Waals surface area contributed by atoms with Gasteiger partial charge < -0.3 is 9.64 Å². The Morgan fingerprint density at radius 2 is 1.59 bits per heavy atom. The molecule has 0 radical (unpaired) electrons. The molecule has 0 N–H and O–H groups in total. The average molecular weight is 450 g/mol. The lowest BCUT2D eigenvalue weighted by Gasteiger charge is -2.33. The predicted octanol–water partition coefficient (Wildman–Crippen LogP) is 5.41. The number of para-hydroxylation sites is 1. The molecule has 1 fully saturated rings. The zero-order valence-corrected chi connectivity index (χ0v) is 19.3. The maximum Gasteiger partial charge on any atom is 0.213 e. The van der Waals surface area contributed by atoms with Crippen molar-refractivity contribution in [3.63, 3.8) is 0 Å². The Bertz CT molecular complexity index is 1420. The van der Waals surface area contributed by atoms with E-state index >= 15 is 0 Å². The number of piperidine rings is 1. The summed E-state index contributed by atoms with van der Waals surface area (Å²) in [6.07, 6.45) is 3.43. The number of rotatable bonds is 5. The molecule has 2 aromatic heterocycles. The smallest absolute Gasteiger partial charge is 0.213 e. The number of hydrogen-bond donors (Lipinski definition) is 0. The van der Waals surface area contributed by atoms with E-state index in [1.807, 2.05) is 36.4 Å². The largest absolute Gasteiger partial charge is 0.497 e. The van der Waals surface area contributed by atoms with Gasteiger partial charge in [0.05, 0.1) is 12.6 Å². The monoisotopic (exact) mass is 449 g/mol. The lowest BCUT2D eigenvalue weighted by molar-refractivity contribution is 0.400. The van der Waals surface area contributed by atoms with Gasteiger partial charge in [0.15, 0.2) is 11.5 Å². The van der Waals surface area contributed by atoms with E-state index in [9.17, 15) is 0 Å². The number of benzene rings is 3. The highest BCUT2D eigenvalue weighted by Crippen LogP contribution is 2.31. The highest BCUT2D eigenvalue weighted by atomic mass is 16.5. The molecule has 3 heterocycles. The Labute approximate surface area is 198 Å². The van der Waals surface area contributed by atoms with Gasteiger partial charge in [-0.1, -0.05) is 42.5 Å². The molecule has 5 aromatic rings. The molecule has 3 aromatic carbocycles. The summed E-state index contributed by atoms with van der Waals surface area (Å²) in [6.45, 7) is 1.94. The number of aromatic nitrogens is 4. The van der Waals surface area contributed by atoms with E-state index in [2.05, 4.69) is 62.0 Å². The Hall–Kier alpha value is -3.93. The van der Waals surface area contributed by atoms with Gasteiger partial charge in [0.25, 0.3) is 0 Å². The first-order valence-corrected chi connectivity index (χ1v) is 11.9. The standard InChI is InChI=1S/C28H27N5O/c1-34-23-13-11-22(12-14-23)26-30-31-27-24-9-5-6-10-25(24)29-28(33(26)27)32-17-15-21(16-18-32)19-20-7-3-2-4-8-20/h2-14,21H,15-19H2,1H3. The van der Waals surface area contributed by atoms with E-state index in [4.69, 9.17) is 9.72 Å². The molecule has 6 rings (SSSR count). The van der Waals surface area contributed by atoms with E-state index in [0.717, 1.165) is 72.0 Å². The molecule has 0 unspecified atom stereocenters. The van der Waals surface area contributed by atoms with E-state index in [0.29, 0.717) is 5.92 Å². The fraction of sp³-hybridized carbons (Fsp3) is 0.250. The molecule has 1 saturated heterocycles. The second kappa shape index (κ2) is 8.78. The van der Waals surface area contributed by atoms with Crippen molar-refractivity contribution in [2.24, 2.45) is 5.92 Å². The SMILES string of the molecule is COc1ccc(-c2nnc3c4ccccc4nc(N4CCC(Cc5ccccc5)CC4)n23)cc1. The molecule has 6 nitrogen and oxygen atoms in total. The summed E-state index contributed by atoms with van der Waals surface area (Å²) in [5.74, 6) is 3.23. The zero-order valence-electron chi connectivity index (χ0n) is 19.3. The van der Waals surface area contributed by atoms with Crippen LogP contribution >= 0.6 is 0 Å². The number of fused-ring (bicyclic) bond motifs is 3. The molecule has 0 spiro atoms. The quantitative estimate of drug-likeness (QED) is 0.359. The molecule has 170 valence electrons. The summed E-state index contributed by atoms with van der Waals surface area (Å²) >= 11 is 0. The molecule has 34 heavy (non-hydrogen) atoms. The van der Waals surface area contributed by atoms with Crippen LogP contribution in [0.1, 0.15) is 18.4 Å². The first-order chi connectivity index (χ1) is 16.8. The van der Waals surface area contributed by atoms with Crippen molar-refractivity contribution in [2.75, 3.05) is 25.1 Å². The second-order valence-corrected chi connectivity index (χ2v) is 8.96. The Morgan fingerprint density at radius 1 is 0.853 bits per heavy atom. The second-order valence-electron chi connectivity index (χ2n) is 8.96. The molecule has 1 aliphatic rings. The minimum atomic E-state index is 0.691. The van der Waals surface area contributed by atoms with Gasteiger partial charge in [-0.15, -0.1) is 10.2 Å². The van der Waals surface area contributed by atoms with Gasteiger partial charge in [-0.05, 0) is 67.1 Å². The summed E-state index contributed by atoms with van der Waals surface area (Å²) in [7, 11) is 1.68. The van der Waals surface area contributed by atoms with Gasteiger partial charge >= 0.3 is 0 Å². The summed E-state index contributed by atoms with van der Waals surface area (Å²) in [5.41, 5.74) is 4.21. The highest BCUT2D eigenvalue weighted by molar-refractivity contribution is 5.93. The molecule has 0 bridgehead atoms. The van der Waals surface area contributed by atoms with Gasteiger partial charge in [0, 0.05) is 24.0 Å². The number of methoxy groups -OCH3 is 1. The van der Waals surface area contributed by atoms with Gasteiger partial charge in [-0.2, -0.15) is 0 Å². The van der Waals surface area contributed by atoms with Crippen molar-refractivity contribution in [3.8, 4) is 17.1 Å². The van der Waals surface area contributed by atoms with Crippen molar-refractivity contribution < 1.29 is 4.74 Å². The van der Waals surface area contributed by atoms with Crippen LogP contribution < -0.4 is 9.64 Å². The van der Waals surface area contributed by atoms with Crippen molar-refractivity contribution in [1.29, 1.82) is 0 Å². The van der Waals surface area contributed by atoms with Gasteiger partial charge in [0.1, 0.15) is 5.75 Å². The summed E-state index contributed by atoms with van der Waals surface area (Å²) in [6, 6.07) is 27.0. The van der Waals surface area contributed by atoms with Crippen LogP contribution in [0.3, 0.4) is 0 Å². The van der Waals surface area contributed by atoms with Crippen molar-refractivity contribution >= 4 is 22.5 Å². The highest BCUT2D eigenvalue weighted by Gasteiger charge is 2.25. The fourth-order valence-electron chi connectivity index (χ4n) is 4.99. The number of nitrogens with zero attached hydrogens (tertiary/aromatic N) is 5. The van der Waals surface area contributed by atoms with Crippen LogP contribution in [0.5, 0.6) is 5.75 Å². The molecular formula is C28H27N5O. The van der Waals surface area contributed by atoms with Crippen LogP contribution in [-0.4, -0.2) is 39.8 Å². The first-order valence-electron chi connectivity index (χ1n) is 11.9. The molecule has 6 heteroatoms. The summed E-state index contributed by atoms with van der Waals surface area (Å²) in [4.78, 5) is 7.51. The summed E-state index contributed by atoms with van der Waals surface area (Å²) < 4.78 is 7.47. The Morgan fingerprint density at radius 3 is 2.35 bits per heavy atom.